The second-order valence-electron chi connectivity index (χ2n) is 5.29. The van der Waals surface area contributed by atoms with Crippen molar-refractivity contribution in [3.8, 4) is 0 Å². The number of hydrogen-bond donors (Lipinski definition) is 0. The SMILES string of the molecule is CC(=O)N(CCC(=O)N(C)Cc1ccccc1)C(C)C. The number of hydrogen-bond acceptors (Lipinski definition) is 2. The molecule has 0 aliphatic heterocycles. The van der Waals surface area contributed by atoms with E-state index in [0.29, 0.717) is 19.5 Å². The summed E-state index contributed by atoms with van der Waals surface area (Å²) in [5.41, 5.74) is 1.11. The largest absolute Gasteiger partial charge is 0.341 e. The van der Waals surface area contributed by atoms with E-state index in [4.69, 9.17) is 0 Å². The van der Waals surface area contributed by atoms with Crippen LogP contribution in [0.4, 0.5) is 0 Å². The van der Waals surface area contributed by atoms with E-state index >= 15 is 0 Å². The van der Waals surface area contributed by atoms with E-state index in [9.17, 15) is 9.59 Å². The average Bonchev–Trinajstić information content (AvgIpc) is 2.38. The normalized spacial score (nSPS) is 10.4. The highest BCUT2D eigenvalue weighted by molar-refractivity contribution is 5.78. The summed E-state index contributed by atoms with van der Waals surface area (Å²) in [6.07, 6.45) is 0.362. The van der Waals surface area contributed by atoms with Crippen molar-refractivity contribution >= 4 is 11.8 Å². The molecule has 0 saturated carbocycles. The van der Waals surface area contributed by atoms with Gasteiger partial charge in [-0.15, -0.1) is 0 Å². The average molecular weight is 276 g/mol. The van der Waals surface area contributed by atoms with Crippen LogP contribution in [0.15, 0.2) is 30.3 Å². The number of carbonyl (C=O) groups is 2. The summed E-state index contributed by atoms with van der Waals surface area (Å²) in [5, 5.41) is 0. The Labute approximate surface area is 121 Å². The van der Waals surface area contributed by atoms with Gasteiger partial charge in [0.15, 0.2) is 0 Å². The van der Waals surface area contributed by atoms with Crippen molar-refractivity contribution in [1.29, 1.82) is 0 Å². The standard InChI is InChI=1S/C16H24N2O2/c1-13(2)18(14(3)19)11-10-16(20)17(4)12-15-8-6-5-7-9-15/h5-9,13H,10-12H2,1-4H3. The lowest BCUT2D eigenvalue weighted by molar-refractivity contribution is -0.133. The van der Waals surface area contributed by atoms with Crippen LogP contribution < -0.4 is 0 Å². The number of amides is 2. The Morgan fingerprint density at radius 1 is 1.15 bits per heavy atom. The molecule has 1 rings (SSSR count). The Balaban J connectivity index is 2.48. The first-order valence-corrected chi connectivity index (χ1v) is 6.97. The lowest BCUT2D eigenvalue weighted by Crippen LogP contribution is -2.38. The highest BCUT2D eigenvalue weighted by atomic mass is 16.2. The fraction of sp³-hybridized carbons (Fsp3) is 0.500. The minimum absolute atomic E-state index is 0.0125. The molecule has 0 unspecified atom stereocenters. The van der Waals surface area contributed by atoms with E-state index in [1.54, 1.807) is 16.8 Å². The molecule has 0 aliphatic rings. The summed E-state index contributed by atoms with van der Waals surface area (Å²) in [6.45, 7) is 6.53. The molecule has 0 bridgehead atoms. The Morgan fingerprint density at radius 3 is 2.25 bits per heavy atom. The fourth-order valence-corrected chi connectivity index (χ4v) is 2.13. The summed E-state index contributed by atoms with van der Waals surface area (Å²) < 4.78 is 0. The summed E-state index contributed by atoms with van der Waals surface area (Å²) in [4.78, 5) is 27.0. The van der Waals surface area contributed by atoms with Crippen molar-refractivity contribution in [1.82, 2.24) is 9.80 Å². The molecule has 0 aliphatic carbocycles. The van der Waals surface area contributed by atoms with Crippen molar-refractivity contribution in [2.75, 3.05) is 13.6 Å². The van der Waals surface area contributed by atoms with Crippen molar-refractivity contribution in [3.05, 3.63) is 35.9 Å². The van der Waals surface area contributed by atoms with Gasteiger partial charge in [-0.25, -0.2) is 0 Å². The van der Waals surface area contributed by atoms with Crippen LogP contribution in [0.25, 0.3) is 0 Å². The van der Waals surface area contributed by atoms with Crippen LogP contribution in [0, 0.1) is 0 Å². The van der Waals surface area contributed by atoms with Gasteiger partial charge in [0.25, 0.3) is 0 Å². The van der Waals surface area contributed by atoms with Gasteiger partial charge in [0.1, 0.15) is 0 Å². The molecule has 0 heterocycles. The number of rotatable bonds is 6. The zero-order valence-corrected chi connectivity index (χ0v) is 12.8. The third-order valence-electron chi connectivity index (χ3n) is 3.28. The molecule has 0 N–H and O–H groups in total. The van der Waals surface area contributed by atoms with Gasteiger partial charge in [-0.1, -0.05) is 30.3 Å². The van der Waals surface area contributed by atoms with Crippen molar-refractivity contribution in [3.63, 3.8) is 0 Å². The maximum absolute atomic E-state index is 12.1. The number of benzene rings is 1. The Morgan fingerprint density at radius 2 is 1.75 bits per heavy atom. The predicted octanol–water partition coefficient (Wildman–Crippen LogP) is 2.29. The number of nitrogens with zero attached hydrogens (tertiary/aromatic N) is 2. The molecule has 20 heavy (non-hydrogen) atoms. The minimum Gasteiger partial charge on any atom is -0.341 e. The van der Waals surface area contributed by atoms with E-state index < -0.39 is 0 Å². The van der Waals surface area contributed by atoms with Crippen LogP contribution in [-0.2, 0) is 16.1 Å². The quantitative estimate of drug-likeness (QED) is 0.800. The molecule has 2 amide bonds. The Kier molecular flexibility index (Phi) is 6.22. The summed E-state index contributed by atoms with van der Waals surface area (Å²) >= 11 is 0. The minimum atomic E-state index is 0.0125. The van der Waals surface area contributed by atoms with Gasteiger partial charge < -0.3 is 9.80 Å². The molecule has 0 fully saturated rings. The van der Waals surface area contributed by atoms with Crippen LogP contribution in [0.3, 0.4) is 0 Å². The van der Waals surface area contributed by atoms with Gasteiger partial charge >= 0.3 is 0 Å². The van der Waals surface area contributed by atoms with Crippen LogP contribution >= 0.6 is 0 Å². The van der Waals surface area contributed by atoms with Crippen LogP contribution in [0.1, 0.15) is 32.8 Å². The molecule has 110 valence electrons. The van der Waals surface area contributed by atoms with Crippen LogP contribution in [-0.4, -0.2) is 41.2 Å². The topological polar surface area (TPSA) is 40.6 Å². The van der Waals surface area contributed by atoms with Gasteiger partial charge in [0.2, 0.25) is 11.8 Å². The third-order valence-corrected chi connectivity index (χ3v) is 3.28. The lowest BCUT2D eigenvalue weighted by Gasteiger charge is -2.26. The molecular formula is C16H24N2O2. The fourth-order valence-electron chi connectivity index (χ4n) is 2.13. The molecule has 1 aromatic rings. The zero-order valence-electron chi connectivity index (χ0n) is 12.8. The van der Waals surface area contributed by atoms with E-state index in [0.717, 1.165) is 5.56 Å². The van der Waals surface area contributed by atoms with E-state index in [1.807, 2.05) is 44.2 Å². The molecule has 0 saturated heterocycles. The predicted molar refractivity (Wildman–Crippen MR) is 80.1 cm³/mol. The van der Waals surface area contributed by atoms with E-state index in [1.165, 1.54) is 6.92 Å². The molecule has 0 spiro atoms. The van der Waals surface area contributed by atoms with Gasteiger partial charge in [0, 0.05) is 39.5 Å². The molecule has 1 aromatic carbocycles. The van der Waals surface area contributed by atoms with Gasteiger partial charge in [-0.2, -0.15) is 0 Å². The summed E-state index contributed by atoms with van der Waals surface area (Å²) in [6, 6.07) is 10.0. The first-order valence-electron chi connectivity index (χ1n) is 6.97. The molecule has 0 radical (unpaired) electrons. The van der Waals surface area contributed by atoms with Gasteiger partial charge in [0.05, 0.1) is 0 Å². The second kappa shape index (κ2) is 7.68. The summed E-state index contributed by atoms with van der Waals surface area (Å²) in [7, 11) is 1.79. The van der Waals surface area contributed by atoms with E-state index in [2.05, 4.69) is 0 Å². The molecule has 0 atom stereocenters. The van der Waals surface area contributed by atoms with Gasteiger partial charge in [-0.05, 0) is 19.4 Å². The van der Waals surface area contributed by atoms with E-state index in [-0.39, 0.29) is 17.9 Å². The van der Waals surface area contributed by atoms with Crippen molar-refractivity contribution < 1.29 is 9.59 Å². The maximum Gasteiger partial charge on any atom is 0.224 e. The highest BCUT2D eigenvalue weighted by Crippen LogP contribution is 2.06. The monoisotopic (exact) mass is 276 g/mol. The van der Waals surface area contributed by atoms with Crippen LogP contribution in [0.5, 0.6) is 0 Å². The van der Waals surface area contributed by atoms with Crippen LogP contribution in [0.2, 0.25) is 0 Å². The van der Waals surface area contributed by atoms with Crippen molar-refractivity contribution in [2.45, 2.75) is 39.8 Å². The second-order valence-corrected chi connectivity index (χ2v) is 5.29. The summed E-state index contributed by atoms with van der Waals surface area (Å²) in [5.74, 6) is 0.0688. The molecule has 4 heteroatoms. The van der Waals surface area contributed by atoms with Gasteiger partial charge in [-0.3, -0.25) is 9.59 Å². The third kappa shape index (κ3) is 5.03. The highest BCUT2D eigenvalue weighted by Gasteiger charge is 2.16. The molecule has 4 nitrogen and oxygen atoms in total. The maximum atomic E-state index is 12.1. The first kappa shape index (κ1) is 16.2. The lowest BCUT2D eigenvalue weighted by atomic mass is 10.2. The number of carbonyl (C=O) groups excluding carboxylic acids is 2. The molecule has 0 aromatic heterocycles. The zero-order chi connectivity index (χ0) is 15.1. The smallest absolute Gasteiger partial charge is 0.224 e. The molecular weight excluding hydrogens is 252 g/mol. The Hall–Kier alpha value is -1.84. The Bertz CT molecular complexity index is 443. The first-order chi connectivity index (χ1) is 9.41. The van der Waals surface area contributed by atoms with Crippen molar-refractivity contribution in [2.24, 2.45) is 0 Å².